The Morgan fingerprint density at radius 3 is 2.40 bits per heavy atom. The molecule has 2 rings (SSSR count). The van der Waals surface area contributed by atoms with Crippen LogP contribution in [0.5, 0.6) is 11.5 Å². The molecule has 0 bridgehead atoms. The summed E-state index contributed by atoms with van der Waals surface area (Å²) >= 11 is 0. The Labute approximate surface area is 119 Å². The molecule has 0 saturated heterocycles. The van der Waals surface area contributed by atoms with Crippen LogP contribution >= 0.6 is 0 Å². The molecule has 0 amide bonds. The minimum absolute atomic E-state index is 0.188. The third kappa shape index (κ3) is 3.58. The van der Waals surface area contributed by atoms with E-state index in [2.05, 4.69) is 6.92 Å². The highest BCUT2D eigenvalue weighted by molar-refractivity contribution is 5.36. The minimum atomic E-state index is -0.391. The maximum absolute atomic E-state index is 13.9. The predicted molar refractivity (Wildman–Crippen MR) is 79.5 cm³/mol. The molecule has 0 aliphatic carbocycles. The largest absolute Gasteiger partial charge is 0.454 e. The SMILES string of the molecule is CCCc1ccc(Oc2ccc(C(C)N)cc2F)cc1. The van der Waals surface area contributed by atoms with Crippen molar-refractivity contribution >= 4 is 0 Å². The summed E-state index contributed by atoms with van der Waals surface area (Å²) in [5.41, 5.74) is 7.74. The van der Waals surface area contributed by atoms with Crippen LogP contribution in [-0.2, 0) is 6.42 Å². The van der Waals surface area contributed by atoms with Gasteiger partial charge in [-0.2, -0.15) is 0 Å². The average molecular weight is 273 g/mol. The van der Waals surface area contributed by atoms with E-state index < -0.39 is 5.82 Å². The molecular weight excluding hydrogens is 253 g/mol. The van der Waals surface area contributed by atoms with Gasteiger partial charge in [0.1, 0.15) is 5.75 Å². The summed E-state index contributed by atoms with van der Waals surface area (Å²) in [4.78, 5) is 0. The number of hydrogen-bond donors (Lipinski definition) is 1. The molecule has 0 fully saturated rings. The molecule has 0 aromatic heterocycles. The van der Waals surface area contributed by atoms with Crippen molar-refractivity contribution < 1.29 is 9.13 Å². The van der Waals surface area contributed by atoms with Gasteiger partial charge in [-0.1, -0.05) is 31.5 Å². The Morgan fingerprint density at radius 1 is 1.15 bits per heavy atom. The second-order valence-electron chi connectivity index (χ2n) is 4.97. The molecule has 0 aliphatic rings. The van der Waals surface area contributed by atoms with Gasteiger partial charge in [-0.25, -0.2) is 4.39 Å². The zero-order valence-electron chi connectivity index (χ0n) is 11.9. The van der Waals surface area contributed by atoms with Crippen LogP contribution in [0.1, 0.15) is 37.4 Å². The lowest BCUT2D eigenvalue weighted by atomic mass is 10.1. The third-order valence-electron chi connectivity index (χ3n) is 3.17. The maximum atomic E-state index is 13.9. The highest BCUT2D eigenvalue weighted by Gasteiger charge is 2.08. The molecule has 106 valence electrons. The lowest BCUT2D eigenvalue weighted by molar-refractivity contribution is 0.441. The van der Waals surface area contributed by atoms with Crippen LogP contribution in [-0.4, -0.2) is 0 Å². The van der Waals surface area contributed by atoms with E-state index in [4.69, 9.17) is 10.5 Å². The van der Waals surface area contributed by atoms with E-state index in [1.54, 1.807) is 12.1 Å². The summed E-state index contributed by atoms with van der Waals surface area (Å²) < 4.78 is 19.5. The number of ether oxygens (including phenoxy) is 1. The number of aryl methyl sites for hydroxylation is 1. The molecule has 2 N–H and O–H groups in total. The first kappa shape index (κ1) is 14.5. The number of benzene rings is 2. The lowest BCUT2D eigenvalue weighted by Gasteiger charge is -2.10. The zero-order valence-corrected chi connectivity index (χ0v) is 11.9. The number of nitrogens with two attached hydrogens (primary N) is 1. The van der Waals surface area contributed by atoms with Crippen molar-refractivity contribution in [2.24, 2.45) is 5.73 Å². The molecule has 0 heterocycles. The topological polar surface area (TPSA) is 35.2 Å². The molecule has 0 radical (unpaired) electrons. The van der Waals surface area contributed by atoms with Crippen molar-refractivity contribution in [2.45, 2.75) is 32.7 Å². The first-order chi connectivity index (χ1) is 9.60. The van der Waals surface area contributed by atoms with E-state index in [0.29, 0.717) is 5.75 Å². The molecule has 3 heteroatoms. The van der Waals surface area contributed by atoms with Gasteiger partial charge in [0.2, 0.25) is 0 Å². The second-order valence-corrected chi connectivity index (χ2v) is 4.97. The monoisotopic (exact) mass is 273 g/mol. The summed E-state index contributed by atoms with van der Waals surface area (Å²) in [7, 11) is 0. The highest BCUT2D eigenvalue weighted by Crippen LogP contribution is 2.26. The Bertz CT molecular complexity index is 564. The van der Waals surface area contributed by atoms with E-state index in [0.717, 1.165) is 18.4 Å². The van der Waals surface area contributed by atoms with Crippen LogP contribution in [0.4, 0.5) is 4.39 Å². The van der Waals surface area contributed by atoms with Crippen molar-refractivity contribution in [2.75, 3.05) is 0 Å². The van der Waals surface area contributed by atoms with Gasteiger partial charge >= 0.3 is 0 Å². The van der Waals surface area contributed by atoms with Crippen molar-refractivity contribution in [3.8, 4) is 11.5 Å². The van der Waals surface area contributed by atoms with Crippen LogP contribution in [0.2, 0.25) is 0 Å². The molecule has 1 atom stereocenters. The van der Waals surface area contributed by atoms with Gasteiger partial charge in [0, 0.05) is 6.04 Å². The second kappa shape index (κ2) is 6.53. The fraction of sp³-hybridized carbons (Fsp3) is 0.294. The van der Waals surface area contributed by atoms with Crippen LogP contribution in [0.25, 0.3) is 0 Å². The quantitative estimate of drug-likeness (QED) is 0.864. The smallest absolute Gasteiger partial charge is 0.166 e. The van der Waals surface area contributed by atoms with Gasteiger partial charge in [-0.15, -0.1) is 0 Å². The van der Waals surface area contributed by atoms with Gasteiger partial charge in [0.25, 0.3) is 0 Å². The minimum Gasteiger partial charge on any atom is -0.454 e. The van der Waals surface area contributed by atoms with E-state index in [-0.39, 0.29) is 11.8 Å². The molecule has 0 saturated carbocycles. The summed E-state index contributed by atoms with van der Waals surface area (Å²) in [5.74, 6) is 0.465. The van der Waals surface area contributed by atoms with Crippen molar-refractivity contribution in [3.63, 3.8) is 0 Å². The highest BCUT2D eigenvalue weighted by atomic mass is 19.1. The molecule has 1 unspecified atom stereocenters. The Balaban J connectivity index is 2.13. The third-order valence-corrected chi connectivity index (χ3v) is 3.17. The normalized spacial score (nSPS) is 12.2. The lowest BCUT2D eigenvalue weighted by Crippen LogP contribution is -2.05. The summed E-state index contributed by atoms with van der Waals surface area (Å²) in [6.07, 6.45) is 2.14. The van der Waals surface area contributed by atoms with E-state index >= 15 is 0 Å². The van der Waals surface area contributed by atoms with E-state index in [1.165, 1.54) is 11.6 Å². The number of hydrogen-bond acceptors (Lipinski definition) is 2. The molecule has 2 nitrogen and oxygen atoms in total. The fourth-order valence-electron chi connectivity index (χ4n) is 2.02. The molecule has 0 aliphatic heterocycles. The van der Waals surface area contributed by atoms with Crippen LogP contribution in [0.3, 0.4) is 0 Å². The van der Waals surface area contributed by atoms with Crippen LogP contribution in [0.15, 0.2) is 42.5 Å². The van der Waals surface area contributed by atoms with Gasteiger partial charge in [0.15, 0.2) is 11.6 Å². The number of halogens is 1. The Kier molecular flexibility index (Phi) is 4.74. The van der Waals surface area contributed by atoms with Gasteiger partial charge in [0.05, 0.1) is 0 Å². The summed E-state index contributed by atoms with van der Waals surface area (Å²) in [6.45, 7) is 3.96. The first-order valence-electron chi connectivity index (χ1n) is 6.92. The van der Waals surface area contributed by atoms with E-state index in [9.17, 15) is 4.39 Å². The van der Waals surface area contributed by atoms with Crippen LogP contribution < -0.4 is 10.5 Å². The molecule has 2 aromatic carbocycles. The number of rotatable bonds is 5. The molecule has 0 spiro atoms. The van der Waals surface area contributed by atoms with Crippen molar-refractivity contribution in [1.29, 1.82) is 0 Å². The zero-order chi connectivity index (χ0) is 14.5. The van der Waals surface area contributed by atoms with Gasteiger partial charge in [-0.05, 0) is 48.7 Å². The van der Waals surface area contributed by atoms with Gasteiger partial charge in [-0.3, -0.25) is 0 Å². The Morgan fingerprint density at radius 2 is 1.85 bits per heavy atom. The van der Waals surface area contributed by atoms with Crippen molar-refractivity contribution in [3.05, 3.63) is 59.4 Å². The first-order valence-corrected chi connectivity index (χ1v) is 6.92. The summed E-state index contributed by atoms with van der Waals surface area (Å²) in [6, 6.07) is 12.4. The van der Waals surface area contributed by atoms with Crippen LogP contribution in [0, 0.1) is 5.82 Å². The maximum Gasteiger partial charge on any atom is 0.166 e. The average Bonchev–Trinajstić information content (AvgIpc) is 2.43. The molecule has 2 aromatic rings. The summed E-state index contributed by atoms with van der Waals surface area (Å²) in [5, 5.41) is 0. The van der Waals surface area contributed by atoms with Crippen molar-refractivity contribution in [1.82, 2.24) is 0 Å². The fourth-order valence-corrected chi connectivity index (χ4v) is 2.02. The Hall–Kier alpha value is -1.87. The van der Waals surface area contributed by atoms with E-state index in [1.807, 2.05) is 31.2 Å². The molecular formula is C17H20FNO. The standard InChI is InChI=1S/C17H20FNO/c1-3-4-13-5-8-15(9-6-13)20-17-10-7-14(12(2)19)11-16(17)18/h5-12H,3-4,19H2,1-2H3. The molecule has 20 heavy (non-hydrogen) atoms. The predicted octanol–water partition coefficient (Wildman–Crippen LogP) is 4.59. The van der Waals surface area contributed by atoms with Gasteiger partial charge < -0.3 is 10.5 Å².